The molecule has 1 saturated heterocycles. The summed E-state index contributed by atoms with van der Waals surface area (Å²) < 4.78 is 5.44. The average Bonchev–Trinajstić information content (AvgIpc) is 3.01. The Hall–Kier alpha value is -2.28. The maximum atomic E-state index is 12.4. The van der Waals surface area contributed by atoms with E-state index in [1.54, 1.807) is 29.6 Å². The highest BCUT2D eigenvalue weighted by Gasteiger charge is 2.31. The van der Waals surface area contributed by atoms with Gasteiger partial charge in [0.25, 0.3) is 5.91 Å². The molecule has 1 aliphatic rings. The summed E-state index contributed by atoms with van der Waals surface area (Å²) in [5, 5.41) is 6.79. The summed E-state index contributed by atoms with van der Waals surface area (Å²) in [6.07, 6.45) is 4.78. The molecule has 1 aliphatic heterocycles. The Labute approximate surface area is 109 Å². The summed E-state index contributed by atoms with van der Waals surface area (Å²) in [6.45, 7) is 1.48. The van der Waals surface area contributed by atoms with Crippen molar-refractivity contribution in [1.82, 2.24) is 25.1 Å². The maximum absolute atomic E-state index is 12.4. The molecule has 3 rings (SSSR count). The summed E-state index contributed by atoms with van der Waals surface area (Å²) >= 11 is 0. The molecule has 98 valence electrons. The third-order valence-corrected chi connectivity index (χ3v) is 3.03. The van der Waals surface area contributed by atoms with Crippen LogP contribution in [-0.4, -0.2) is 50.7 Å². The fourth-order valence-electron chi connectivity index (χ4n) is 2.09. The second-order valence-electron chi connectivity index (χ2n) is 4.17. The van der Waals surface area contributed by atoms with Crippen LogP contribution in [0.1, 0.15) is 22.4 Å². The monoisotopic (exact) mass is 259 g/mol. The summed E-state index contributed by atoms with van der Waals surface area (Å²) in [7, 11) is 0. The number of hydrogen-bond donors (Lipinski definition) is 1. The van der Waals surface area contributed by atoms with Gasteiger partial charge in [-0.3, -0.25) is 9.89 Å². The average molecular weight is 259 g/mol. The second kappa shape index (κ2) is 5.15. The van der Waals surface area contributed by atoms with Crippen molar-refractivity contribution in [3.05, 3.63) is 42.2 Å². The first-order valence-corrected chi connectivity index (χ1v) is 6.01. The van der Waals surface area contributed by atoms with Gasteiger partial charge in [0.1, 0.15) is 0 Å². The van der Waals surface area contributed by atoms with E-state index in [4.69, 9.17) is 4.74 Å². The van der Waals surface area contributed by atoms with Crippen LogP contribution in [0.25, 0.3) is 0 Å². The fraction of sp³-hybridized carbons (Fsp3) is 0.333. The lowest BCUT2D eigenvalue weighted by Gasteiger charge is -2.34. The minimum atomic E-state index is -0.191. The highest BCUT2D eigenvalue weighted by molar-refractivity contribution is 5.90. The zero-order chi connectivity index (χ0) is 13.1. The summed E-state index contributed by atoms with van der Waals surface area (Å²) in [6, 6.07) is 3.35. The number of carbonyl (C=O) groups is 1. The molecule has 1 atom stereocenters. The van der Waals surface area contributed by atoms with Crippen molar-refractivity contribution in [1.29, 1.82) is 0 Å². The third kappa shape index (κ3) is 2.32. The lowest BCUT2D eigenvalue weighted by Crippen LogP contribution is -2.44. The van der Waals surface area contributed by atoms with Gasteiger partial charge in [-0.15, -0.1) is 0 Å². The SMILES string of the molecule is O=C(c1ncccn1)N1CCOCC1c1ccn[nH]1. The van der Waals surface area contributed by atoms with E-state index in [2.05, 4.69) is 20.2 Å². The number of rotatable bonds is 2. The highest BCUT2D eigenvalue weighted by atomic mass is 16.5. The molecule has 0 radical (unpaired) electrons. The molecule has 1 amide bonds. The van der Waals surface area contributed by atoms with Gasteiger partial charge in [-0.05, 0) is 12.1 Å². The largest absolute Gasteiger partial charge is 0.377 e. The van der Waals surface area contributed by atoms with Crippen molar-refractivity contribution in [3.63, 3.8) is 0 Å². The highest BCUT2D eigenvalue weighted by Crippen LogP contribution is 2.23. The van der Waals surface area contributed by atoms with Crippen LogP contribution in [0.4, 0.5) is 0 Å². The molecule has 0 bridgehead atoms. The van der Waals surface area contributed by atoms with E-state index in [9.17, 15) is 4.79 Å². The molecule has 1 N–H and O–H groups in total. The van der Waals surface area contributed by atoms with Gasteiger partial charge in [0, 0.05) is 25.1 Å². The van der Waals surface area contributed by atoms with Gasteiger partial charge in [-0.2, -0.15) is 5.10 Å². The standard InChI is InChI=1S/C12H13N5O2/c18-12(11-13-3-1-4-14-11)17-6-7-19-8-10(17)9-2-5-15-16-9/h1-5,10H,6-8H2,(H,15,16). The summed E-state index contributed by atoms with van der Waals surface area (Å²) in [4.78, 5) is 22.1. The number of aromatic nitrogens is 4. The molecule has 2 aromatic heterocycles. The maximum Gasteiger partial charge on any atom is 0.292 e. The van der Waals surface area contributed by atoms with Gasteiger partial charge in [0.15, 0.2) is 0 Å². The van der Waals surface area contributed by atoms with E-state index in [0.717, 1.165) is 5.69 Å². The number of hydrogen-bond acceptors (Lipinski definition) is 5. The van der Waals surface area contributed by atoms with Gasteiger partial charge in [0.2, 0.25) is 5.82 Å². The van der Waals surface area contributed by atoms with Gasteiger partial charge >= 0.3 is 0 Å². The van der Waals surface area contributed by atoms with E-state index in [0.29, 0.717) is 19.8 Å². The van der Waals surface area contributed by atoms with E-state index in [1.807, 2.05) is 6.07 Å². The molecule has 1 unspecified atom stereocenters. The van der Waals surface area contributed by atoms with Crippen LogP contribution in [-0.2, 0) is 4.74 Å². The molecular weight excluding hydrogens is 246 g/mol. The van der Waals surface area contributed by atoms with Crippen LogP contribution < -0.4 is 0 Å². The number of amides is 1. The number of ether oxygens (including phenoxy) is 1. The minimum absolute atomic E-state index is 0.174. The molecule has 7 heteroatoms. The van der Waals surface area contributed by atoms with E-state index in [1.165, 1.54) is 0 Å². The van der Waals surface area contributed by atoms with Gasteiger partial charge < -0.3 is 9.64 Å². The number of aromatic amines is 1. The lowest BCUT2D eigenvalue weighted by atomic mass is 10.1. The van der Waals surface area contributed by atoms with Crippen LogP contribution in [0, 0.1) is 0 Å². The molecule has 0 spiro atoms. The van der Waals surface area contributed by atoms with Crippen LogP contribution in [0.15, 0.2) is 30.7 Å². The van der Waals surface area contributed by atoms with Crippen molar-refractivity contribution in [2.24, 2.45) is 0 Å². The van der Waals surface area contributed by atoms with E-state index < -0.39 is 0 Å². The molecule has 0 aliphatic carbocycles. The van der Waals surface area contributed by atoms with Crippen molar-refractivity contribution in [2.45, 2.75) is 6.04 Å². The second-order valence-corrected chi connectivity index (χ2v) is 4.17. The predicted octanol–water partition coefficient (Wildman–Crippen LogP) is 0.413. The van der Waals surface area contributed by atoms with E-state index >= 15 is 0 Å². The zero-order valence-corrected chi connectivity index (χ0v) is 10.2. The Bertz CT molecular complexity index is 543. The molecular formula is C12H13N5O2. The Kier molecular flexibility index (Phi) is 3.20. The number of nitrogens with one attached hydrogen (secondary N) is 1. The summed E-state index contributed by atoms with van der Waals surface area (Å²) in [5.74, 6) is 0.0115. The molecule has 19 heavy (non-hydrogen) atoms. The number of nitrogens with zero attached hydrogens (tertiary/aromatic N) is 4. The molecule has 2 aromatic rings. The van der Waals surface area contributed by atoms with Gasteiger partial charge in [-0.1, -0.05) is 0 Å². The van der Waals surface area contributed by atoms with Gasteiger partial charge in [0.05, 0.1) is 24.9 Å². The zero-order valence-electron chi connectivity index (χ0n) is 10.2. The number of morpholine rings is 1. The van der Waals surface area contributed by atoms with Crippen molar-refractivity contribution in [2.75, 3.05) is 19.8 Å². The lowest BCUT2D eigenvalue weighted by molar-refractivity contribution is -0.00455. The van der Waals surface area contributed by atoms with Crippen molar-refractivity contribution >= 4 is 5.91 Å². The smallest absolute Gasteiger partial charge is 0.292 e. The van der Waals surface area contributed by atoms with Crippen LogP contribution >= 0.6 is 0 Å². The molecule has 3 heterocycles. The quantitative estimate of drug-likeness (QED) is 0.844. The number of H-pyrrole nitrogens is 1. The molecule has 1 fully saturated rings. The first kappa shape index (κ1) is 11.8. The Morgan fingerprint density at radius 3 is 2.95 bits per heavy atom. The van der Waals surface area contributed by atoms with Crippen molar-refractivity contribution < 1.29 is 9.53 Å². The fourth-order valence-corrected chi connectivity index (χ4v) is 2.09. The Balaban J connectivity index is 1.87. The Morgan fingerprint density at radius 2 is 2.21 bits per heavy atom. The molecule has 0 aromatic carbocycles. The molecule has 0 saturated carbocycles. The first-order valence-electron chi connectivity index (χ1n) is 6.01. The van der Waals surface area contributed by atoms with Crippen LogP contribution in [0.5, 0.6) is 0 Å². The topological polar surface area (TPSA) is 84.0 Å². The molecule has 7 nitrogen and oxygen atoms in total. The minimum Gasteiger partial charge on any atom is -0.377 e. The van der Waals surface area contributed by atoms with Crippen LogP contribution in [0.3, 0.4) is 0 Å². The predicted molar refractivity (Wildman–Crippen MR) is 65.2 cm³/mol. The Morgan fingerprint density at radius 1 is 1.37 bits per heavy atom. The first-order chi connectivity index (χ1) is 9.36. The third-order valence-electron chi connectivity index (χ3n) is 3.03. The van der Waals surface area contributed by atoms with E-state index in [-0.39, 0.29) is 17.8 Å². The summed E-state index contributed by atoms with van der Waals surface area (Å²) in [5.41, 5.74) is 0.851. The normalized spacial score (nSPS) is 19.4. The van der Waals surface area contributed by atoms with Crippen LogP contribution in [0.2, 0.25) is 0 Å². The number of carbonyl (C=O) groups excluding carboxylic acids is 1. The van der Waals surface area contributed by atoms with Gasteiger partial charge in [-0.25, -0.2) is 9.97 Å². The van der Waals surface area contributed by atoms with Crippen molar-refractivity contribution in [3.8, 4) is 0 Å².